The van der Waals surface area contributed by atoms with Crippen molar-refractivity contribution < 1.29 is 4.79 Å². The lowest BCUT2D eigenvalue weighted by Gasteiger charge is -2.18. The van der Waals surface area contributed by atoms with E-state index in [0.717, 1.165) is 46.6 Å². The predicted octanol–water partition coefficient (Wildman–Crippen LogP) is 4.98. The van der Waals surface area contributed by atoms with Crippen molar-refractivity contribution in [2.24, 2.45) is 0 Å². The highest BCUT2D eigenvalue weighted by atomic mass is 35.5. The highest BCUT2D eigenvalue weighted by molar-refractivity contribution is 6.30. The molecule has 4 heteroatoms. The molecular weight excluding hydrogens is 320 g/mol. The van der Waals surface area contributed by atoms with Crippen LogP contribution in [0.3, 0.4) is 0 Å². The van der Waals surface area contributed by atoms with Crippen LogP contribution < -0.4 is 0 Å². The van der Waals surface area contributed by atoms with E-state index in [0.29, 0.717) is 11.4 Å². The van der Waals surface area contributed by atoms with Gasteiger partial charge in [0.1, 0.15) is 0 Å². The van der Waals surface area contributed by atoms with Gasteiger partial charge in [-0.1, -0.05) is 29.8 Å². The van der Waals surface area contributed by atoms with Crippen LogP contribution in [0.15, 0.2) is 54.7 Å². The molecule has 1 aliphatic carbocycles. The minimum absolute atomic E-state index is 0.170. The summed E-state index contributed by atoms with van der Waals surface area (Å²) in [7, 11) is 0. The molecule has 0 spiro atoms. The predicted molar refractivity (Wildman–Crippen MR) is 95.2 cm³/mol. The van der Waals surface area contributed by atoms with E-state index >= 15 is 0 Å². The average molecular weight is 335 g/mol. The van der Waals surface area contributed by atoms with Gasteiger partial charge in [-0.05, 0) is 43.2 Å². The average Bonchev–Trinajstić information content (AvgIpc) is 2.62. The zero-order valence-electron chi connectivity index (χ0n) is 13.0. The van der Waals surface area contributed by atoms with Gasteiger partial charge in [-0.25, -0.2) is 0 Å². The van der Waals surface area contributed by atoms with E-state index in [1.165, 1.54) is 0 Å². The van der Waals surface area contributed by atoms with Crippen molar-refractivity contribution in [1.29, 1.82) is 0 Å². The van der Waals surface area contributed by atoms with Gasteiger partial charge in [-0.15, -0.1) is 0 Å². The number of carbonyl (C=O) groups excluding carboxylic acids is 1. The largest absolute Gasteiger partial charge is 0.294 e. The summed E-state index contributed by atoms with van der Waals surface area (Å²) in [6, 6.07) is 15.3. The molecule has 0 atom stereocenters. The summed E-state index contributed by atoms with van der Waals surface area (Å²) < 4.78 is 0. The standard InChI is InChI=1S/C20H15ClN2O/c21-14-9-7-13(8-10-14)20-16(17-4-1-2-11-22-17)12-15-18(23-20)5-3-6-19(15)24/h1-2,4,7-12H,3,5-6H2. The Hall–Kier alpha value is -2.52. The Kier molecular flexibility index (Phi) is 3.87. The highest BCUT2D eigenvalue weighted by Gasteiger charge is 2.22. The summed E-state index contributed by atoms with van der Waals surface area (Å²) in [5.41, 5.74) is 5.14. The molecule has 3 nitrogen and oxygen atoms in total. The number of benzene rings is 1. The number of pyridine rings is 2. The summed E-state index contributed by atoms with van der Waals surface area (Å²) in [5.74, 6) is 0.170. The molecular formula is C20H15ClN2O. The van der Waals surface area contributed by atoms with Crippen molar-refractivity contribution in [2.75, 3.05) is 0 Å². The first-order valence-corrected chi connectivity index (χ1v) is 8.34. The second kappa shape index (κ2) is 6.17. The third kappa shape index (κ3) is 2.72. The molecule has 118 valence electrons. The molecule has 0 bridgehead atoms. The minimum atomic E-state index is 0.170. The van der Waals surface area contributed by atoms with E-state index in [4.69, 9.17) is 16.6 Å². The van der Waals surface area contributed by atoms with Crippen molar-refractivity contribution >= 4 is 17.4 Å². The number of hydrogen-bond acceptors (Lipinski definition) is 3. The molecule has 2 aromatic heterocycles. The second-order valence-electron chi connectivity index (χ2n) is 5.88. The third-order valence-electron chi connectivity index (χ3n) is 4.28. The summed E-state index contributed by atoms with van der Waals surface area (Å²) in [4.78, 5) is 21.6. The lowest BCUT2D eigenvalue weighted by molar-refractivity contribution is 0.0971. The molecule has 0 radical (unpaired) electrons. The van der Waals surface area contributed by atoms with Gasteiger partial charge in [0, 0.05) is 34.3 Å². The van der Waals surface area contributed by atoms with Crippen LogP contribution in [0, 0.1) is 0 Å². The number of aryl methyl sites for hydroxylation is 1. The lowest BCUT2D eigenvalue weighted by atomic mass is 9.91. The number of carbonyl (C=O) groups is 1. The first kappa shape index (κ1) is 15.0. The number of halogens is 1. The van der Waals surface area contributed by atoms with Gasteiger partial charge < -0.3 is 0 Å². The Morgan fingerprint density at radius 1 is 0.958 bits per heavy atom. The fourth-order valence-corrected chi connectivity index (χ4v) is 3.21. The van der Waals surface area contributed by atoms with Crippen LogP contribution >= 0.6 is 11.6 Å². The summed E-state index contributed by atoms with van der Waals surface area (Å²) in [5, 5.41) is 0.686. The lowest BCUT2D eigenvalue weighted by Crippen LogP contribution is -2.13. The molecule has 4 rings (SSSR count). The van der Waals surface area contributed by atoms with Crippen LogP contribution in [-0.2, 0) is 6.42 Å². The van der Waals surface area contributed by atoms with Crippen LogP contribution in [0.1, 0.15) is 28.9 Å². The smallest absolute Gasteiger partial charge is 0.164 e. The van der Waals surface area contributed by atoms with Crippen LogP contribution in [0.2, 0.25) is 5.02 Å². The fourth-order valence-electron chi connectivity index (χ4n) is 3.08. The van der Waals surface area contributed by atoms with Crippen LogP contribution in [0.5, 0.6) is 0 Å². The Balaban J connectivity index is 1.96. The molecule has 0 aliphatic heterocycles. The Morgan fingerprint density at radius 2 is 1.79 bits per heavy atom. The van der Waals surface area contributed by atoms with Crippen molar-refractivity contribution in [2.45, 2.75) is 19.3 Å². The van der Waals surface area contributed by atoms with E-state index in [9.17, 15) is 4.79 Å². The van der Waals surface area contributed by atoms with E-state index in [1.54, 1.807) is 6.20 Å². The molecule has 1 aliphatic rings. The van der Waals surface area contributed by atoms with Gasteiger partial charge in [-0.3, -0.25) is 14.8 Å². The SMILES string of the molecule is O=C1CCCc2nc(-c3ccc(Cl)cc3)c(-c3ccccn3)cc21. The van der Waals surface area contributed by atoms with Gasteiger partial charge >= 0.3 is 0 Å². The van der Waals surface area contributed by atoms with Crippen molar-refractivity contribution in [3.05, 3.63) is 71.0 Å². The molecule has 0 fully saturated rings. The summed E-state index contributed by atoms with van der Waals surface area (Å²) in [6.45, 7) is 0. The van der Waals surface area contributed by atoms with E-state index in [-0.39, 0.29) is 5.78 Å². The van der Waals surface area contributed by atoms with Crippen molar-refractivity contribution in [1.82, 2.24) is 9.97 Å². The number of Topliss-reactive ketones (excluding diaryl/α,β-unsaturated/α-hetero) is 1. The summed E-state index contributed by atoms with van der Waals surface area (Å²) >= 11 is 6.01. The summed E-state index contributed by atoms with van der Waals surface area (Å²) in [6.07, 6.45) is 4.05. The molecule has 0 saturated heterocycles. The first-order valence-electron chi connectivity index (χ1n) is 7.97. The zero-order chi connectivity index (χ0) is 16.5. The van der Waals surface area contributed by atoms with Crippen LogP contribution in [0.4, 0.5) is 0 Å². The van der Waals surface area contributed by atoms with Gasteiger partial charge in [0.15, 0.2) is 5.78 Å². The van der Waals surface area contributed by atoms with Crippen LogP contribution in [-0.4, -0.2) is 15.8 Å². The maximum absolute atomic E-state index is 12.3. The van der Waals surface area contributed by atoms with Gasteiger partial charge in [0.05, 0.1) is 17.1 Å². The maximum atomic E-state index is 12.3. The fraction of sp³-hybridized carbons (Fsp3) is 0.150. The van der Waals surface area contributed by atoms with Gasteiger partial charge in [0.2, 0.25) is 0 Å². The molecule has 0 amide bonds. The zero-order valence-corrected chi connectivity index (χ0v) is 13.8. The van der Waals surface area contributed by atoms with E-state index in [2.05, 4.69) is 4.98 Å². The molecule has 24 heavy (non-hydrogen) atoms. The molecule has 0 N–H and O–H groups in total. The Morgan fingerprint density at radius 3 is 2.54 bits per heavy atom. The minimum Gasteiger partial charge on any atom is -0.294 e. The maximum Gasteiger partial charge on any atom is 0.164 e. The molecule has 2 heterocycles. The number of fused-ring (bicyclic) bond motifs is 1. The van der Waals surface area contributed by atoms with Gasteiger partial charge in [-0.2, -0.15) is 0 Å². The number of aromatic nitrogens is 2. The van der Waals surface area contributed by atoms with Gasteiger partial charge in [0.25, 0.3) is 0 Å². The van der Waals surface area contributed by atoms with E-state index < -0.39 is 0 Å². The first-order chi connectivity index (χ1) is 11.7. The molecule has 0 unspecified atom stereocenters. The normalized spacial score (nSPS) is 13.6. The quantitative estimate of drug-likeness (QED) is 0.663. The van der Waals surface area contributed by atoms with Crippen molar-refractivity contribution in [3.8, 4) is 22.5 Å². The molecule has 3 aromatic rings. The number of hydrogen-bond donors (Lipinski definition) is 0. The highest BCUT2D eigenvalue weighted by Crippen LogP contribution is 2.34. The van der Waals surface area contributed by atoms with E-state index in [1.807, 2.05) is 48.5 Å². The third-order valence-corrected chi connectivity index (χ3v) is 4.53. The Labute approximate surface area is 145 Å². The topological polar surface area (TPSA) is 42.9 Å². The monoisotopic (exact) mass is 334 g/mol. The number of nitrogens with zero attached hydrogens (tertiary/aromatic N) is 2. The number of ketones is 1. The van der Waals surface area contributed by atoms with Crippen molar-refractivity contribution in [3.63, 3.8) is 0 Å². The Bertz CT molecular complexity index is 905. The second-order valence-corrected chi connectivity index (χ2v) is 6.31. The van der Waals surface area contributed by atoms with Crippen LogP contribution in [0.25, 0.3) is 22.5 Å². The molecule has 1 aromatic carbocycles. The molecule has 0 saturated carbocycles. The number of rotatable bonds is 2.